The van der Waals surface area contributed by atoms with Gasteiger partial charge in [0.1, 0.15) is 5.82 Å². The summed E-state index contributed by atoms with van der Waals surface area (Å²) < 4.78 is 40.8. The molecule has 0 radical (unpaired) electrons. The van der Waals surface area contributed by atoms with Crippen LogP contribution >= 0.6 is 27.5 Å². The lowest BCUT2D eigenvalue weighted by Crippen LogP contribution is -2.31. The Morgan fingerprint density at radius 3 is 2.33 bits per heavy atom. The Kier molecular flexibility index (Phi) is 4.91. The number of nitrogens with zero attached hydrogens (tertiary/aromatic N) is 1. The Hall–Kier alpha value is -1.11. The molecule has 0 aliphatic rings. The number of rotatable bonds is 4. The molecule has 2 aromatic rings. The summed E-state index contributed by atoms with van der Waals surface area (Å²) in [7, 11) is -3.84. The van der Waals surface area contributed by atoms with Crippen LogP contribution in [0.15, 0.2) is 51.8 Å². The van der Waals surface area contributed by atoms with Gasteiger partial charge in [0.15, 0.2) is 0 Å². The van der Waals surface area contributed by atoms with Crippen molar-refractivity contribution in [3.63, 3.8) is 0 Å². The van der Waals surface area contributed by atoms with E-state index in [9.17, 15) is 12.8 Å². The monoisotopic (exact) mass is 391 g/mol. The molecular formula is C14H12BrClFNO2S. The van der Waals surface area contributed by atoms with Crippen molar-refractivity contribution in [2.75, 3.05) is 10.8 Å². The maximum absolute atomic E-state index is 14.0. The summed E-state index contributed by atoms with van der Waals surface area (Å²) in [4.78, 5) is 0.0658. The standard InChI is InChI=1S/C14H12BrClFNO2S/c1-2-18(14-8-3-10(15)9-13(14)17)21(19,20)12-6-4-11(16)5-7-12/h3-9H,2H2,1H3. The molecule has 0 unspecified atom stereocenters. The maximum Gasteiger partial charge on any atom is 0.264 e. The highest BCUT2D eigenvalue weighted by Crippen LogP contribution is 2.28. The number of hydrogen-bond donors (Lipinski definition) is 0. The van der Waals surface area contributed by atoms with Crippen molar-refractivity contribution >= 4 is 43.2 Å². The summed E-state index contributed by atoms with van der Waals surface area (Å²) in [6, 6.07) is 10.0. The average Bonchev–Trinajstić information content (AvgIpc) is 2.42. The normalized spacial score (nSPS) is 11.4. The molecule has 0 heterocycles. The molecule has 2 aromatic carbocycles. The Morgan fingerprint density at radius 1 is 1.19 bits per heavy atom. The molecule has 0 fully saturated rings. The predicted molar refractivity (Wildman–Crippen MR) is 85.8 cm³/mol. The fourth-order valence-electron chi connectivity index (χ4n) is 1.89. The van der Waals surface area contributed by atoms with Gasteiger partial charge < -0.3 is 0 Å². The zero-order valence-electron chi connectivity index (χ0n) is 11.1. The number of hydrogen-bond acceptors (Lipinski definition) is 2. The Bertz CT molecular complexity index is 750. The molecule has 0 aliphatic heterocycles. The smallest absolute Gasteiger partial charge is 0.264 e. The summed E-state index contributed by atoms with van der Waals surface area (Å²) in [5.74, 6) is -0.608. The largest absolute Gasteiger partial charge is 0.264 e. The van der Waals surface area contributed by atoms with E-state index in [0.29, 0.717) is 9.50 Å². The zero-order valence-corrected chi connectivity index (χ0v) is 14.2. The molecule has 2 rings (SSSR count). The van der Waals surface area contributed by atoms with Crippen LogP contribution in [-0.4, -0.2) is 15.0 Å². The minimum atomic E-state index is -3.84. The van der Waals surface area contributed by atoms with Gasteiger partial charge >= 0.3 is 0 Å². The number of anilines is 1. The molecule has 0 saturated carbocycles. The molecule has 0 spiro atoms. The first-order chi connectivity index (χ1) is 9.86. The van der Waals surface area contributed by atoms with Crippen molar-refractivity contribution in [1.82, 2.24) is 0 Å². The van der Waals surface area contributed by atoms with Crippen molar-refractivity contribution in [2.45, 2.75) is 11.8 Å². The minimum Gasteiger partial charge on any atom is -0.264 e. The summed E-state index contributed by atoms with van der Waals surface area (Å²) in [6.45, 7) is 1.76. The van der Waals surface area contributed by atoms with Crippen LogP contribution in [0.3, 0.4) is 0 Å². The van der Waals surface area contributed by atoms with E-state index in [2.05, 4.69) is 15.9 Å². The zero-order chi connectivity index (χ0) is 15.6. The van der Waals surface area contributed by atoms with E-state index < -0.39 is 15.8 Å². The first-order valence-electron chi connectivity index (χ1n) is 6.09. The summed E-state index contributed by atoms with van der Waals surface area (Å²) in [6.07, 6.45) is 0. The first-order valence-corrected chi connectivity index (χ1v) is 8.70. The van der Waals surface area contributed by atoms with Gasteiger partial charge in [0.05, 0.1) is 10.6 Å². The highest BCUT2D eigenvalue weighted by Gasteiger charge is 2.25. The van der Waals surface area contributed by atoms with Gasteiger partial charge in [-0.2, -0.15) is 0 Å². The summed E-state index contributed by atoms with van der Waals surface area (Å²) >= 11 is 8.91. The van der Waals surface area contributed by atoms with Gasteiger partial charge in [0.25, 0.3) is 10.0 Å². The lowest BCUT2D eigenvalue weighted by molar-refractivity contribution is 0.586. The molecule has 21 heavy (non-hydrogen) atoms. The Balaban J connectivity index is 2.51. The predicted octanol–water partition coefficient (Wildman–Crippen LogP) is 4.46. The third-order valence-corrected chi connectivity index (χ3v) is 5.52. The fourth-order valence-corrected chi connectivity index (χ4v) is 3.83. The number of halogens is 3. The van der Waals surface area contributed by atoms with Crippen molar-refractivity contribution in [3.8, 4) is 0 Å². The number of benzene rings is 2. The molecule has 0 N–H and O–H groups in total. The van der Waals surface area contributed by atoms with Crippen molar-refractivity contribution in [3.05, 3.63) is 57.8 Å². The topological polar surface area (TPSA) is 37.4 Å². The molecule has 112 valence electrons. The number of sulfonamides is 1. The van der Waals surface area contributed by atoms with Gasteiger partial charge in [-0.25, -0.2) is 12.8 Å². The molecule has 0 bridgehead atoms. The van der Waals surface area contributed by atoms with E-state index in [1.807, 2.05) is 0 Å². The van der Waals surface area contributed by atoms with Crippen LogP contribution < -0.4 is 4.31 Å². The molecule has 0 amide bonds. The van der Waals surface area contributed by atoms with E-state index in [1.165, 1.54) is 36.4 Å². The van der Waals surface area contributed by atoms with E-state index >= 15 is 0 Å². The van der Waals surface area contributed by atoms with E-state index in [-0.39, 0.29) is 17.1 Å². The van der Waals surface area contributed by atoms with Crippen LogP contribution in [-0.2, 0) is 10.0 Å². The van der Waals surface area contributed by atoms with Crippen LogP contribution in [0, 0.1) is 5.82 Å². The van der Waals surface area contributed by atoms with E-state index in [0.717, 1.165) is 4.31 Å². The SMILES string of the molecule is CCN(c1ccc(Br)cc1F)S(=O)(=O)c1ccc(Cl)cc1. The second-order valence-electron chi connectivity index (χ2n) is 4.22. The molecule has 0 aliphatic carbocycles. The van der Waals surface area contributed by atoms with E-state index in [1.54, 1.807) is 13.0 Å². The van der Waals surface area contributed by atoms with Gasteiger partial charge in [-0.15, -0.1) is 0 Å². The summed E-state index contributed by atoms with van der Waals surface area (Å²) in [5.41, 5.74) is 0.00986. The van der Waals surface area contributed by atoms with Crippen LogP contribution in [0.2, 0.25) is 5.02 Å². The molecular weight excluding hydrogens is 381 g/mol. The molecule has 0 saturated heterocycles. The van der Waals surface area contributed by atoms with Crippen LogP contribution in [0.1, 0.15) is 6.92 Å². The van der Waals surface area contributed by atoms with Crippen molar-refractivity contribution in [1.29, 1.82) is 0 Å². The maximum atomic E-state index is 14.0. The lowest BCUT2D eigenvalue weighted by Gasteiger charge is -2.23. The van der Waals surface area contributed by atoms with Crippen LogP contribution in [0.25, 0.3) is 0 Å². The van der Waals surface area contributed by atoms with Gasteiger partial charge in [-0.3, -0.25) is 4.31 Å². The molecule has 7 heteroatoms. The van der Waals surface area contributed by atoms with Crippen LogP contribution in [0.4, 0.5) is 10.1 Å². The van der Waals surface area contributed by atoms with Gasteiger partial charge in [0.2, 0.25) is 0 Å². The van der Waals surface area contributed by atoms with Crippen molar-refractivity contribution < 1.29 is 12.8 Å². The quantitative estimate of drug-likeness (QED) is 0.770. The van der Waals surface area contributed by atoms with Gasteiger partial charge in [0, 0.05) is 16.0 Å². The minimum absolute atomic E-state index is 0.00986. The third kappa shape index (κ3) is 3.39. The van der Waals surface area contributed by atoms with E-state index in [4.69, 9.17) is 11.6 Å². The second kappa shape index (κ2) is 6.34. The lowest BCUT2D eigenvalue weighted by atomic mass is 10.3. The Labute approximate surface area is 136 Å². The van der Waals surface area contributed by atoms with Crippen molar-refractivity contribution in [2.24, 2.45) is 0 Å². The fraction of sp³-hybridized carbons (Fsp3) is 0.143. The first kappa shape index (κ1) is 16.3. The molecule has 3 nitrogen and oxygen atoms in total. The molecule has 0 atom stereocenters. The highest BCUT2D eigenvalue weighted by molar-refractivity contribution is 9.10. The average molecular weight is 393 g/mol. The summed E-state index contributed by atoms with van der Waals surface area (Å²) in [5, 5.41) is 0.437. The highest BCUT2D eigenvalue weighted by atomic mass is 79.9. The molecule has 0 aromatic heterocycles. The van der Waals surface area contributed by atoms with Gasteiger partial charge in [-0.05, 0) is 49.4 Å². The van der Waals surface area contributed by atoms with Gasteiger partial charge in [-0.1, -0.05) is 27.5 Å². The van der Waals surface area contributed by atoms with Crippen LogP contribution in [0.5, 0.6) is 0 Å². The second-order valence-corrected chi connectivity index (χ2v) is 7.43. The Morgan fingerprint density at radius 2 is 1.81 bits per heavy atom. The third-order valence-electron chi connectivity index (χ3n) is 2.87.